The molecule has 0 amide bonds. The number of para-hydroxylation sites is 1. The molecule has 0 aliphatic rings. The summed E-state index contributed by atoms with van der Waals surface area (Å²) in [4.78, 5) is 14.1. The zero-order valence-corrected chi connectivity index (χ0v) is 10.2. The fourth-order valence-corrected chi connectivity index (χ4v) is 2.32. The van der Waals surface area contributed by atoms with E-state index in [1.807, 2.05) is 48.5 Å². The predicted molar refractivity (Wildman–Crippen MR) is 74.2 cm³/mol. The summed E-state index contributed by atoms with van der Waals surface area (Å²) >= 11 is 0. The van der Waals surface area contributed by atoms with Gasteiger partial charge >= 0.3 is 0 Å². The van der Waals surface area contributed by atoms with Gasteiger partial charge in [-0.1, -0.05) is 42.5 Å². The van der Waals surface area contributed by atoms with Crippen LogP contribution in [0.1, 0.15) is 11.3 Å². The lowest BCUT2D eigenvalue weighted by Crippen LogP contribution is -1.94. The molecule has 0 aliphatic heterocycles. The lowest BCUT2D eigenvalue weighted by molar-refractivity contribution is -0.383. The molecule has 0 aliphatic carbocycles. The fourth-order valence-electron chi connectivity index (χ4n) is 2.32. The van der Waals surface area contributed by atoms with Gasteiger partial charge in [0.1, 0.15) is 0 Å². The Hall–Kier alpha value is -2.62. The fraction of sp³-hybridized carbons (Fsp3) is 0.0667. The van der Waals surface area contributed by atoms with Crippen molar-refractivity contribution in [1.29, 1.82) is 0 Å². The molecule has 0 unspecified atom stereocenters. The normalized spacial score (nSPS) is 10.7. The van der Waals surface area contributed by atoms with E-state index in [4.69, 9.17) is 0 Å². The number of benzene rings is 2. The van der Waals surface area contributed by atoms with E-state index in [1.165, 1.54) is 0 Å². The number of rotatable bonds is 3. The van der Waals surface area contributed by atoms with Crippen LogP contribution in [0.3, 0.4) is 0 Å². The van der Waals surface area contributed by atoms with Gasteiger partial charge in [-0.2, -0.15) is 0 Å². The standard InChI is InChI=1S/C15H12N2O2/c18-17(19)15-12-8-4-5-9-13(12)16-14(15)10-11-6-2-1-3-7-11/h1-9,16H,10H2. The Bertz CT molecular complexity index is 732. The first-order valence-electron chi connectivity index (χ1n) is 6.03. The quantitative estimate of drug-likeness (QED) is 0.571. The molecule has 0 bridgehead atoms. The molecule has 2 aromatic carbocycles. The van der Waals surface area contributed by atoms with E-state index in [0.717, 1.165) is 11.1 Å². The molecule has 0 saturated carbocycles. The number of hydrogen-bond donors (Lipinski definition) is 1. The number of fused-ring (bicyclic) bond motifs is 1. The summed E-state index contributed by atoms with van der Waals surface area (Å²) in [6.07, 6.45) is 0.534. The Kier molecular flexibility index (Phi) is 2.76. The summed E-state index contributed by atoms with van der Waals surface area (Å²) in [5.41, 5.74) is 2.69. The van der Waals surface area contributed by atoms with Gasteiger partial charge in [-0.05, 0) is 17.7 Å². The topological polar surface area (TPSA) is 58.9 Å². The van der Waals surface area contributed by atoms with Crippen LogP contribution in [0.5, 0.6) is 0 Å². The largest absolute Gasteiger partial charge is 0.352 e. The van der Waals surface area contributed by atoms with Crippen LogP contribution in [0.15, 0.2) is 54.6 Å². The van der Waals surface area contributed by atoms with Crippen molar-refractivity contribution < 1.29 is 4.92 Å². The number of nitro groups is 1. The minimum atomic E-state index is -0.308. The van der Waals surface area contributed by atoms with Crippen LogP contribution in [0.2, 0.25) is 0 Å². The van der Waals surface area contributed by atoms with E-state index in [0.29, 0.717) is 17.5 Å². The average Bonchev–Trinajstić information content (AvgIpc) is 2.77. The van der Waals surface area contributed by atoms with Crippen LogP contribution in [0.4, 0.5) is 5.69 Å². The van der Waals surface area contributed by atoms with Gasteiger partial charge in [0.2, 0.25) is 0 Å². The number of H-pyrrole nitrogens is 1. The summed E-state index contributed by atoms with van der Waals surface area (Å²) in [5, 5.41) is 11.9. The third-order valence-electron chi connectivity index (χ3n) is 3.16. The van der Waals surface area contributed by atoms with Gasteiger partial charge in [0.25, 0.3) is 5.69 Å². The van der Waals surface area contributed by atoms with Gasteiger partial charge in [-0.3, -0.25) is 10.1 Å². The molecule has 0 spiro atoms. The Balaban J connectivity index is 2.13. The van der Waals surface area contributed by atoms with E-state index >= 15 is 0 Å². The predicted octanol–water partition coefficient (Wildman–Crippen LogP) is 3.67. The number of nitrogens with zero attached hydrogens (tertiary/aromatic N) is 1. The van der Waals surface area contributed by atoms with Crippen molar-refractivity contribution in [1.82, 2.24) is 4.98 Å². The zero-order chi connectivity index (χ0) is 13.2. The van der Waals surface area contributed by atoms with Crippen LogP contribution in [0, 0.1) is 10.1 Å². The molecule has 1 aromatic heterocycles. The van der Waals surface area contributed by atoms with Crippen molar-refractivity contribution in [2.24, 2.45) is 0 Å². The lowest BCUT2D eigenvalue weighted by Gasteiger charge is -1.98. The second kappa shape index (κ2) is 4.57. The summed E-state index contributed by atoms with van der Waals surface area (Å²) in [6, 6.07) is 17.1. The van der Waals surface area contributed by atoms with Gasteiger partial charge in [0.05, 0.1) is 21.5 Å². The molecule has 3 aromatic rings. The zero-order valence-electron chi connectivity index (χ0n) is 10.2. The van der Waals surface area contributed by atoms with Crippen molar-refractivity contribution in [3.8, 4) is 0 Å². The number of aromatic amines is 1. The molecule has 0 atom stereocenters. The number of nitrogens with one attached hydrogen (secondary N) is 1. The molecule has 4 nitrogen and oxygen atoms in total. The van der Waals surface area contributed by atoms with E-state index in [2.05, 4.69) is 4.98 Å². The molecule has 0 saturated heterocycles. The van der Waals surface area contributed by atoms with E-state index < -0.39 is 0 Å². The second-order valence-corrected chi connectivity index (χ2v) is 4.42. The monoisotopic (exact) mass is 252 g/mol. The van der Waals surface area contributed by atoms with E-state index in [-0.39, 0.29) is 10.6 Å². The van der Waals surface area contributed by atoms with Gasteiger partial charge in [0, 0.05) is 6.42 Å². The third-order valence-corrected chi connectivity index (χ3v) is 3.16. The molecular weight excluding hydrogens is 240 g/mol. The minimum Gasteiger partial charge on any atom is -0.352 e. The number of aromatic nitrogens is 1. The van der Waals surface area contributed by atoms with Crippen molar-refractivity contribution >= 4 is 16.6 Å². The van der Waals surface area contributed by atoms with Crippen LogP contribution in [0.25, 0.3) is 10.9 Å². The van der Waals surface area contributed by atoms with Gasteiger partial charge in [-0.15, -0.1) is 0 Å². The molecule has 0 radical (unpaired) electrons. The van der Waals surface area contributed by atoms with Gasteiger partial charge < -0.3 is 4.98 Å². The highest BCUT2D eigenvalue weighted by Gasteiger charge is 2.21. The van der Waals surface area contributed by atoms with E-state index in [1.54, 1.807) is 6.07 Å². The molecule has 0 fully saturated rings. The highest BCUT2D eigenvalue weighted by molar-refractivity contribution is 5.90. The maximum Gasteiger partial charge on any atom is 0.298 e. The smallest absolute Gasteiger partial charge is 0.298 e. The Morgan fingerprint density at radius 2 is 1.68 bits per heavy atom. The number of hydrogen-bond acceptors (Lipinski definition) is 2. The van der Waals surface area contributed by atoms with E-state index in [9.17, 15) is 10.1 Å². The van der Waals surface area contributed by atoms with Crippen LogP contribution >= 0.6 is 0 Å². The summed E-state index contributed by atoms with van der Waals surface area (Å²) in [6.45, 7) is 0. The van der Waals surface area contributed by atoms with Crippen LogP contribution < -0.4 is 0 Å². The highest BCUT2D eigenvalue weighted by atomic mass is 16.6. The molecule has 1 N–H and O–H groups in total. The van der Waals surface area contributed by atoms with Crippen molar-refractivity contribution in [3.63, 3.8) is 0 Å². The summed E-state index contributed by atoms with van der Waals surface area (Å²) < 4.78 is 0. The molecular formula is C15H12N2O2. The van der Waals surface area contributed by atoms with Gasteiger partial charge in [-0.25, -0.2) is 0 Å². The first-order chi connectivity index (χ1) is 9.25. The Labute approximate surface area is 109 Å². The summed E-state index contributed by atoms with van der Waals surface area (Å²) in [7, 11) is 0. The minimum absolute atomic E-state index is 0.180. The Morgan fingerprint density at radius 1 is 1.00 bits per heavy atom. The molecule has 3 rings (SSSR count). The SMILES string of the molecule is O=[N+]([O-])c1c(Cc2ccccc2)[nH]c2ccccc12. The first kappa shape index (κ1) is 11.5. The van der Waals surface area contributed by atoms with Crippen molar-refractivity contribution in [2.75, 3.05) is 0 Å². The lowest BCUT2D eigenvalue weighted by atomic mass is 10.1. The molecule has 4 heteroatoms. The second-order valence-electron chi connectivity index (χ2n) is 4.42. The third kappa shape index (κ3) is 2.08. The maximum atomic E-state index is 11.3. The molecule has 1 heterocycles. The van der Waals surface area contributed by atoms with Crippen LogP contribution in [-0.4, -0.2) is 9.91 Å². The Morgan fingerprint density at radius 3 is 2.42 bits per heavy atom. The molecule has 19 heavy (non-hydrogen) atoms. The van der Waals surface area contributed by atoms with Crippen molar-refractivity contribution in [3.05, 3.63) is 76.0 Å². The molecule has 94 valence electrons. The van der Waals surface area contributed by atoms with Crippen molar-refractivity contribution in [2.45, 2.75) is 6.42 Å². The maximum absolute atomic E-state index is 11.3. The van der Waals surface area contributed by atoms with Gasteiger partial charge in [0.15, 0.2) is 0 Å². The first-order valence-corrected chi connectivity index (χ1v) is 6.03. The van der Waals surface area contributed by atoms with Crippen LogP contribution in [-0.2, 0) is 6.42 Å². The highest BCUT2D eigenvalue weighted by Crippen LogP contribution is 2.30. The summed E-state index contributed by atoms with van der Waals surface area (Å²) in [5.74, 6) is 0. The average molecular weight is 252 g/mol.